The number of hydrogen-bond donors (Lipinski definition) is 1. The third kappa shape index (κ3) is 4.36. The van der Waals surface area contributed by atoms with Crippen LogP contribution in [-0.4, -0.2) is 11.8 Å². The average molecular weight is 256 g/mol. The lowest BCUT2D eigenvalue weighted by Gasteiger charge is -2.10. The van der Waals surface area contributed by atoms with E-state index in [1.165, 1.54) is 24.2 Å². The first-order valence-corrected chi connectivity index (χ1v) is 7.24. The van der Waals surface area contributed by atoms with Gasteiger partial charge in [0.1, 0.15) is 0 Å². The van der Waals surface area contributed by atoms with Gasteiger partial charge in [-0.15, -0.1) is 11.8 Å². The maximum Gasteiger partial charge on any atom is 0.0417 e. The summed E-state index contributed by atoms with van der Waals surface area (Å²) in [4.78, 5) is 1.22. The molecule has 0 radical (unpaired) electrons. The molecule has 0 saturated heterocycles. The van der Waals surface area contributed by atoms with E-state index in [9.17, 15) is 0 Å². The largest absolute Gasteiger partial charge is 0.327 e. The first-order chi connectivity index (χ1) is 7.74. The van der Waals surface area contributed by atoms with Gasteiger partial charge in [-0.25, -0.2) is 0 Å². The molecule has 1 unspecified atom stereocenters. The van der Waals surface area contributed by atoms with Crippen molar-refractivity contribution in [3.63, 3.8) is 0 Å². The minimum Gasteiger partial charge on any atom is -0.327 e. The summed E-state index contributed by atoms with van der Waals surface area (Å²) in [6.07, 6.45) is 5.33. The Balaban J connectivity index is 1.69. The van der Waals surface area contributed by atoms with Gasteiger partial charge in [-0.1, -0.05) is 30.5 Å². The summed E-state index contributed by atoms with van der Waals surface area (Å²) in [7, 11) is 0. The molecule has 0 aromatic heterocycles. The van der Waals surface area contributed by atoms with Crippen LogP contribution in [0.25, 0.3) is 0 Å². The number of thioether (sulfide) groups is 1. The van der Waals surface area contributed by atoms with Gasteiger partial charge in [-0.05, 0) is 37.0 Å². The van der Waals surface area contributed by atoms with Crippen LogP contribution < -0.4 is 5.73 Å². The SMILES string of the molecule is NC(CCC1CC1)CSc1cccc(Cl)c1. The molecular weight excluding hydrogens is 238 g/mol. The van der Waals surface area contributed by atoms with Gasteiger partial charge in [-0.2, -0.15) is 0 Å². The Labute approximate surface area is 107 Å². The zero-order valence-corrected chi connectivity index (χ0v) is 10.9. The van der Waals surface area contributed by atoms with E-state index in [-0.39, 0.29) is 0 Å². The zero-order valence-electron chi connectivity index (χ0n) is 9.36. The van der Waals surface area contributed by atoms with E-state index in [2.05, 4.69) is 6.07 Å². The first kappa shape index (κ1) is 12.3. The van der Waals surface area contributed by atoms with Crippen LogP contribution in [0, 0.1) is 5.92 Å². The molecule has 1 aromatic rings. The fourth-order valence-electron chi connectivity index (χ4n) is 1.70. The molecule has 1 aliphatic carbocycles. The van der Waals surface area contributed by atoms with Crippen molar-refractivity contribution in [2.75, 3.05) is 5.75 Å². The second-order valence-corrected chi connectivity index (χ2v) is 6.08. The maximum atomic E-state index is 6.08. The van der Waals surface area contributed by atoms with Gasteiger partial charge < -0.3 is 5.73 Å². The fraction of sp³-hybridized carbons (Fsp3) is 0.538. The normalized spacial score (nSPS) is 17.4. The lowest BCUT2D eigenvalue weighted by molar-refractivity contribution is 0.591. The second-order valence-electron chi connectivity index (χ2n) is 4.55. The lowest BCUT2D eigenvalue weighted by Crippen LogP contribution is -2.22. The van der Waals surface area contributed by atoms with Crippen LogP contribution >= 0.6 is 23.4 Å². The molecule has 0 heterocycles. The number of hydrogen-bond acceptors (Lipinski definition) is 2. The van der Waals surface area contributed by atoms with Crippen LogP contribution in [0.15, 0.2) is 29.2 Å². The molecular formula is C13H18ClNS. The average Bonchev–Trinajstić information content (AvgIpc) is 3.07. The van der Waals surface area contributed by atoms with Crippen LogP contribution in [0.1, 0.15) is 25.7 Å². The summed E-state index contributed by atoms with van der Waals surface area (Å²) >= 11 is 7.73. The molecule has 1 fully saturated rings. The molecule has 0 amide bonds. The van der Waals surface area contributed by atoms with Crippen molar-refractivity contribution < 1.29 is 0 Å². The predicted molar refractivity (Wildman–Crippen MR) is 72.1 cm³/mol. The summed E-state index contributed by atoms with van der Waals surface area (Å²) < 4.78 is 0. The van der Waals surface area contributed by atoms with Gasteiger partial charge in [0.25, 0.3) is 0 Å². The van der Waals surface area contributed by atoms with Crippen LogP contribution in [0.3, 0.4) is 0 Å². The highest BCUT2D eigenvalue weighted by atomic mass is 35.5. The van der Waals surface area contributed by atoms with Crippen LogP contribution in [0.4, 0.5) is 0 Å². The predicted octanol–water partition coefficient (Wildman–Crippen LogP) is 3.95. The monoisotopic (exact) mass is 255 g/mol. The van der Waals surface area contributed by atoms with E-state index in [1.54, 1.807) is 11.8 Å². The molecule has 2 N–H and O–H groups in total. The van der Waals surface area contributed by atoms with Crippen molar-refractivity contribution in [2.45, 2.75) is 36.6 Å². The van der Waals surface area contributed by atoms with E-state index in [4.69, 9.17) is 17.3 Å². The van der Waals surface area contributed by atoms with Crippen LogP contribution in [-0.2, 0) is 0 Å². The van der Waals surface area contributed by atoms with Crippen molar-refractivity contribution in [1.82, 2.24) is 0 Å². The van der Waals surface area contributed by atoms with Crippen molar-refractivity contribution >= 4 is 23.4 Å². The minimum atomic E-state index is 0.324. The van der Waals surface area contributed by atoms with Crippen molar-refractivity contribution in [3.8, 4) is 0 Å². The van der Waals surface area contributed by atoms with Crippen molar-refractivity contribution in [3.05, 3.63) is 29.3 Å². The van der Waals surface area contributed by atoms with Crippen LogP contribution in [0.5, 0.6) is 0 Å². The Hall–Kier alpha value is -0.180. The highest BCUT2D eigenvalue weighted by Crippen LogP contribution is 2.34. The molecule has 1 aromatic carbocycles. The van der Waals surface area contributed by atoms with Gasteiger partial charge in [0.15, 0.2) is 0 Å². The second kappa shape index (κ2) is 5.95. The summed E-state index contributed by atoms with van der Waals surface area (Å²) in [5.74, 6) is 1.98. The summed E-state index contributed by atoms with van der Waals surface area (Å²) in [6, 6.07) is 8.30. The molecule has 1 aliphatic rings. The maximum absolute atomic E-state index is 6.08. The van der Waals surface area contributed by atoms with E-state index in [0.717, 1.165) is 23.1 Å². The highest BCUT2D eigenvalue weighted by molar-refractivity contribution is 7.99. The number of benzene rings is 1. The topological polar surface area (TPSA) is 26.0 Å². The van der Waals surface area contributed by atoms with E-state index >= 15 is 0 Å². The zero-order chi connectivity index (χ0) is 11.4. The molecule has 1 atom stereocenters. The van der Waals surface area contributed by atoms with Gasteiger partial charge in [0.2, 0.25) is 0 Å². The smallest absolute Gasteiger partial charge is 0.0417 e. The Bertz CT molecular complexity index is 338. The van der Waals surface area contributed by atoms with Crippen molar-refractivity contribution in [1.29, 1.82) is 0 Å². The number of halogens is 1. The molecule has 2 rings (SSSR count). The standard InChI is InChI=1S/C13H18ClNS/c14-11-2-1-3-13(8-11)16-9-12(15)7-6-10-4-5-10/h1-3,8,10,12H,4-7,9,15H2. The van der Waals surface area contributed by atoms with E-state index in [1.807, 2.05) is 18.2 Å². The third-order valence-electron chi connectivity index (χ3n) is 2.90. The highest BCUT2D eigenvalue weighted by Gasteiger charge is 2.21. The first-order valence-electron chi connectivity index (χ1n) is 5.88. The molecule has 0 bridgehead atoms. The fourth-order valence-corrected chi connectivity index (χ4v) is 2.91. The molecule has 3 heteroatoms. The molecule has 16 heavy (non-hydrogen) atoms. The Morgan fingerprint density at radius 3 is 2.94 bits per heavy atom. The molecule has 0 spiro atoms. The number of rotatable bonds is 6. The Kier molecular flexibility index (Phi) is 4.56. The van der Waals surface area contributed by atoms with Gasteiger partial charge >= 0.3 is 0 Å². The molecule has 88 valence electrons. The lowest BCUT2D eigenvalue weighted by atomic mass is 10.1. The van der Waals surface area contributed by atoms with Crippen LogP contribution in [0.2, 0.25) is 5.02 Å². The Morgan fingerprint density at radius 1 is 1.44 bits per heavy atom. The molecule has 1 nitrogen and oxygen atoms in total. The van der Waals surface area contributed by atoms with E-state index in [0.29, 0.717) is 6.04 Å². The van der Waals surface area contributed by atoms with Gasteiger partial charge in [-0.3, -0.25) is 0 Å². The van der Waals surface area contributed by atoms with Gasteiger partial charge in [0.05, 0.1) is 0 Å². The Morgan fingerprint density at radius 2 is 2.25 bits per heavy atom. The summed E-state index contributed by atoms with van der Waals surface area (Å²) in [5.41, 5.74) is 6.08. The van der Waals surface area contributed by atoms with E-state index < -0.39 is 0 Å². The summed E-state index contributed by atoms with van der Waals surface area (Å²) in [5, 5.41) is 0.802. The minimum absolute atomic E-state index is 0.324. The van der Waals surface area contributed by atoms with Gasteiger partial charge in [0, 0.05) is 21.7 Å². The van der Waals surface area contributed by atoms with Crippen molar-refractivity contribution in [2.24, 2.45) is 11.7 Å². The summed E-state index contributed by atoms with van der Waals surface area (Å²) in [6.45, 7) is 0. The number of nitrogens with two attached hydrogens (primary N) is 1. The molecule has 1 saturated carbocycles. The third-order valence-corrected chi connectivity index (χ3v) is 4.32. The molecule has 0 aliphatic heterocycles. The quantitative estimate of drug-likeness (QED) is 0.779.